The number of alkyl carbamates (subject to hydrolysis) is 1. The van der Waals surface area contributed by atoms with Crippen molar-refractivity contribution in [2.45, 2.75) is 70.6 Å². The summed E-state index contributed by atoms with van der Waals surface area (Å²) in [5.41, 5.74) is 4.06. The smallest absolute Gasteiger partial charge is 0.408 e. The molecule has 4 atom stereocenters. The fourth-order valence-electron chi connectivity index (χ4n) is 6.17. The molecule has 14 heteroatoms. The molecule has 0 aliphatic carbocycles. The van der Waals surface area contributed by atoms with Crippen LogP contribution in [-0.4, -0.2) is 76.8 Å². The molecule has 0 spiro atoms. The van der Waals surface area contributed by atoms with Crippen LogP contribution in [-0.2, 0) is 45.2 Å². The Morgan fingerprint density at radius 3 is 2.07 bits per heavy atom. The van der Waals surface area contributed by atoms with Crippen LogP contribution in [0.5, 0.6) is 5.75 Å². The predicted octanol–water partition coefficient (Wildman–Crippen LogP) is 3.89. The number of nitrogens with zero attached hydrogens (tertiary/aromatic N) is 1. The number of fused-ring (bicyclic) bond motifs is 1. The Morgan fingerprint density at radius 2 is 1.40 bits per heavy atom. The SMILES string of the molecule is COc1ccc(CN[C@@H](C(=O)NCCC(=O)NCc2nc3ccccc3[nH]2)[C@H](O)[C@H](Cc2ccccc2)NC(=O)[C@@H](NC(=O)OCc2ccccc2)C(C)C)cc1. The Hall–Kier alpha value is -6.25. The van der Waals surface area contributed by atoms with Gasteiger partial charge in [0.25, 0.3) is 0 Å². The van der Waals surface area contributed by atoms with Crippen LogP contribution in [0.1, 0.15) is 42.8 Å². The standard InChI is InChI=1S/C43H51N7O7/c1-28(2)38(50-43(55)57-27-31-14-8-5-9-15-31)42(54)49-35(24-29-12-6-4-7-13-29)40(52)39(46-25-30-18-20-32(56-3)21-19-30)41(53)44-23-22-37(51)45-26-36-47-33-16-10-11-17-34(33)48-36/h4-21,28,35,38-40,46,52H,22-27H2,1-3H3,(H,44,53)(H,45,51)(H,47,48)(H,49,54)(H,50,55)/t35-,38-,39+,40+/m0/s1. The first-order valence-electron chi connectivity index (χ1n) is 18.9. The molecule has 7 N–H and O–H groups in total. The number of carbonyl (C=O) groups is 4. The van der Waals surface area contributed by atoms with E-state index in [1.54, 1.807) is 33.1 Å². The Labute approximate surface area is 332 Å². The first-order chi connectivity index (χ1) is 27.6. The molecule has 300 valence electrons. The summed E-state index contributed by atoms with van der Waals surface area (Å²) in [6, 6.07) is 30.0. The van der Waals surface area contributed by atoms with E-state index < -0.39 is 42.1 Å². The van der Waals surface area contributed by atoms with Gasteiger partial charge in [-0.3, -0.25) is 19.7 Å². The van der Waals surface area contributed by atoms with Crippen LogP contribution in [0.4, 0.5) is 4.79 Å². The number of benzene rings is 4. The van der Waals surface area contributed by atoms with Gasteiger partial charge in [0.2, 0.25) is 17.7 Å². The Balaban J connectivity index is 1.28. The van der Waals surface area contributed by atoms with Crippen molar-refractivity contribution in [3.05, 3.63) is 132 Å². The molecule has 0 unspecified atom stereocenters. The maximum absolute atomic E-state index is 13.9. The first kappa shape index (κ1) is 41.9. The summed E-state index contributed by atoms with van der Waals surface area (Å²) in [5.74, 6) is -0.523. The van der Waals surface area contributed by atoms with Gasteiger partial charge in [-0.05, 0) is 53.3 Å². The van der Waals surface area contributed by atoms with Gasteiger partial charge in [0.05, 0.1) is 36.8 Å². The number of aromatic amines is 1. The second-order valence-corrected chi connectivity index (χ2v) is 13.9. The van der Waals surface area contributed by atoms with Crippen molar-refractivity contribution in [1.29, 1.82) is 0 Å². The molecule has 0 fully saturated rings. The average molecular weight is 778 g/mol. The number of nitrogens with one attached hydrogen (secondary N) is 6. The van der Waals surface area contributed by atoms with E-state index in [4.69, 9.17) is 9.47 Å². The first-order valence-corrected chi connectivity index (χ1v) is 18.9. The molecule has 0 bridgehead atoms. The summed E-state index contributed by atoms with van der Waals surface area (Å²) < 4.78 is 10.7. The van der Waals surface area contributed by atoms with Crippen molar-refractivity contribution < 1.29 is 33.8 Å². The second kappa shape index (κ2) is 21.2. The van der Waals surface area contributed by atoms with Crippen LogP contribution >= 0.6 is 0 Å². The van der Waals surface area contributed by atoms with E-state index in [0.717, 1.165) is 27.7 Å². The van der Waals surface area contributed by atoms with Crippen LogP contribution in [0.3, 0.4) is 0 Å². The minimum Gasteiger partial charge on any atom is -0.497 e. The Kier molecular flexibility index (Phi) is 15.6. The van der Waals surface area contributed by atoms with Gasteiger partial charge >= 0.3 is 6.09 Å². The molecule has 14 nitrogen and oxygen atoms in total. The maximum Gasteiger partial charge on any atom is 0.408 e. The van der Waals surface area contributed by atoms with Gasteiger partial charge in [-0.1, -0.05) is 98.8 Å². The third kappa shape index (κ3) is 12.9. The molecule has 5 rings (SSSR count). The van der Waals surface area contributed by atoms with Crippen molar-refractivity contribution in [1.82, 2.24) is 36.6 Å². The number of imidazole rings is 1. The van der Waals surface area contributed by atoms with Gasteiger partial charge in [0.15, 0.2) is 0 Å². The zero-order valence-electron chi connectivity index (χ0n) is 32.4. The summed E-state index contributed by atoms with van der Waals surface area (Å²) in [7, 11) is 1.57. The van der Waals surface area contributed by atoms with E-state index in [1.165, 1.54) is 0 Å². The van der Waals surface area contributed by atoms with Crippen molar-refractivity contribution >= 4 is 34.8 Å². The van der Waals surface area contributed by atoms with Crippen molar-refractivity contribution in [3.63, 3.8) is 0 Å². The minimum absolute atomic E-state index is 0.0155. The molecule has 4 amide bonds. The summed E-state index contributed by atoms with van der Waals surface area (Å²) in [4.78, 5) is 61.0. The molecule has 4 aromatic carbocycles. The minimum atomic E-state index is -1.47. The number of ether oxygens (including phenoxy) is 2. The zero-order chi connectivity index (χ0) is 40.6. The number of aliphatic hydroxyl groups excluding tert-OH is 1. The van der Waals surface area contributed by atoms with E-state index in [0.29, 0.717) is 11.6 Å². The predicted molar refractivity (Wildman–Crippen MR) is 216 cm³/mol. The van der Waals surface area contributed by atoms with Gasteiger partial charge in [-0.25, -0.2) is 9.78 Å². The lowest BCUT2D eigenvalue weighted by Gasteiger charge is -2.32. The van der Waals surface area contributed by atoms with Gasteiger partial charge in [0.1, 0.15) is 30.3 Å². The number of aliphatic hydroxyl groups is 1. The monoisotopic (exact) mass is 777 g/mol. The lowest BCUT2D eigenvalue weighted by molar-refractivity contribution is -0.130. The van der Waals surface area contributed by atoms with Crippen LogP contribution in [0, 0.1) is 5.92 Å². The normalized spacial score (nSPS) is 13.2. The molecule has 0 saturated heterocycles. The molecule has 1 aromatic heterocycles. The fourth-order valence-corrected chi connectivity index (χ4v) is 6.17. The van der Waals surface area contributed by atoms with Crippen molar-refractivity contribution in [2.75, 3.05) is 13.7 Å². The lowest BCUT2D eigenvalue weighted by Crippen LogP contribution is -2.61. The summed E-state index contributed by atoms with van der Waals surface area (Å²) >= 11 is 0. The highest BCUT2D eigenvalue weighted by molar-refractivity contribution is 5.87. The molecule has 1 heterocycles. The van der Waals surface area contributed by atoms with Gasteiger partial charge in [-0.15, -0.1) is 0 Å². The highest BCUT2D eigenvalue weighted by Gasteiger charge is 2.36. The van der Waals surface area contributed by atoms with E-state index in [2.05, 4.69) is 36.6 Å². The number of methoxy groups -OCH3 is 1. The molecular formula is C43H51N7O7. The zero-order valence-corrected chi connectivity index (χ0v) is 32.4. The number of rotatable bonds is 20. The highest BCUT2D eigenvalue weighted by atomic mass is 16.5. The lowest BCUT2D eigenvalue weighted by atomic mass is 9.94. The molecule has 0 aliphatic rings. The number of aromatic nitrogens is 2. The van der Waals surface area contributed by atoms with Gasteiger partial charge in [-0.2, -0.15) is 0 Å². The average Bonchev–Trinajstić information content (AvgIpc) is 3.65. The van der Waals surface area contributed by atoms with Gasteiger partial charge in [0, 0.05) is 19.5 Å². The molecule has 0 aliphatic heterocycles. The molecule has 0 radical (unpaired) electrons. The van der Waals surface area contributed by atoms with E-state index in [1.807, 2.05) is 97.1 Å². The highest BCUT2D eigenvalue weighted by Crippen LogP contribution is 2.15. The van der Waals surface area contributed by atoms with Crippen LogP contribution in [0.2, 0.25) is 0 Å². The Morgan fingerprint density at radius 1 is 0.737 bits per heavy atom. The summed E-state index contributed by atoms with van der Waals surface area (Å²) in [6.07, 6.45) is -2.10. The van der Waals surface area contributed by atoms with Crippen LogP contribution in [0.15, 0.2) is 109 Å². The topological polar surface area (TPSA) is 196 Å². The molecule has 5 aromatic rings. The molecule has 57 heavy (non-hydrogen) atoms. The van der Waals surface area contributed by atoms with Crippen LogP contribution in [0.25, 0.3) is 11.0 Å². The molecular weight excluding hydrogens is 727 g/mol. The van der Waals surface area contributed by atoms with Gasteiger partial charge < -0.3 is 40.8 Å². The number of hydrogen-bond donors (Lipinski definition) is 7. The largest absolute Gasteiger partial charge is 0.497 e. The van der Waals surface area contributed by atoms with E-state index >= 15 is 0 Å². The summed E-state index contributed by atoms with van der Waals surface area (Å²) in [6.45, 7) is 3.94. The maximum atomic E-state index is 13.9. The number of amides is 4. The Bertz CT molecular complexity index is 2010. The summed E-state index contributed by atoms with van der Waals surface area (Å²) in [5, 5.41) is 26.4. The molecule has 0 saturated carbocycles. The fraction of sp³-hybridized carbons (Fsp3) is 0.326. The number of H-pyrrole nitrogens is 1. The number of para-hydroxylation sites is 2. The quantitative estimate of drug-likeness (QED) is 0.0614. The van der Waals surface area contributed by atoms with E-state index in [9.17, 15) is 24.3 Å². The second-order valence-electron chi connectivity index (χ2n) is 13.9. The van der Waals surface area contributed by atoms with E-state index in [-0.39, 0.29) is 50.9 Å². The third-order valence-corrected chi connectivity index (χ3v) is 9.33. The number of hydrogen-bond acceptors (Lipinski definition) is 9. The third-order valence-electron chi connectivity index (χ3n) is 9.33. The van der Waals surface area contributed by atoms with Crippen molar-refractivity contribution in [2.24, 2.45) is 5.92 Å². The van der Waals surface area contributed by atoms with Crippen LogP contribution < -0.4 is 31.3 Å². The number of carbonyl (C=O) groups excluding carboxylic acids is 4. The van der Waals surface area contributed by atoms with Crippen molar-refractivity contribution in [3.8, 4) is 5.75 Å².